The quantitative estimate of drug-likeness (QED) is 0.503. The van der Waals surface area contributed by atoms with Gasteiger partial charge in [-0.05, 0) is 42.7 Å². The number of nitrogens with two attached hydrogens (primary N) is 1. The minimum absolute atomic E-state index is 0.121. The van der Waals surface area contributed by atoms with E-state index in [0.29, 0.717) is 34.0 Å². The van der Waals surface area contributed by atoms with Crippen molar-refractivity contribution in [3.05, 3.63) is 81.2 Å². The van der Waals surface area contributed by atoms with Gasteiger partial charge >= 0.3 is 0 Å². The lowest BCUT2D eigenvalue weighted by Crippen LogP contribution is -2.48. The van der Waals surface area contributed by atoms with E-state index in [2.05, 4.69) is 28.4 Å². The fourth-order valence-electron chi connectivity index (χ4n) is 4.30. The Morgan fingerprint density at radius 2 is 2.00 bits per heavy atom. The fourth-order valence-corrected chi connectivity index (χ4v) is 4.73. The van der Waals surface area contributed by atoms with Crippen LogP contribution in [0.3, 0.4) is 0 Å². The lowest BCUT2D eigenvalue weighted by molar-refractivity contribution is 0.742. The second-order valence-electron chi connectivity index (χ2n) is 8.16. The standard InChI is InChI=1S/C24H23ClN6O/c1-14-10-16-12-19(15(2)28-22-13-20(26)29-21-8-9-27-31(21)22)30(17-6-4-3-5-7-17)24(32)23(16)18(25)11-14/h3-10,12-15,28H,11H2,1-2H3,(H2,26,29)/t14?,15-/m0/s1. The fraction of sp³-hybridized carbons (Fsp3) is 0.208. The van der Waals surface area contributed by atoms with E-state index in [1.165, 1.54) is 0 Å². The van der Waals surface area contributed by atoms with Crippen molar-refractivity contribution in [3.8, 4) is 5.69 Å². The van der Waals surface area contributed by atoms with Crippen molar-refractivity contribution in [3.63, 3.8) is 0 Å². The smallest absolute Gasteiger partial charge is 0.264 e. The Morgan fingerprint density at radius 3 is 2.78 bits per heavy atom. The number of fused-ring (bicyclic) bond motifs is 2. The van der Waals surface area contributed by atoms with E-state index in [1.54, 1.807) is 27.4 Å². The van der Waals surface area contributed by atoms with E-state index >= 15 is 0 Å². The van der Waals surface area contributed by atoms with Crippen LogP contribution in [0.2, 0.25) is 0 Å². The summed E-state index contributed by atoms with van der Waals surface area (Å²) < 4.78 is 3.42. The Morgan fingerprint density at radius 1 is 1.22 bits per heavy atom. The molecule has 0 saturated heterocycles. The first-order valence-corrected chi connectivity index (χ1v) is 10.9. The molecule has 1 aliphatic carbocycles. The zero-order valence-corrected chi connectivity index (χ0v) is 18.5. The van der Waals surface area contributed by atoms with Crippen LogP contribution >= 0.6 is 11.6 Å². The predicted molar refractivity (Wildman–Crippen MR) is 128 cm³/mol. The molecule has 0 saturated carbocycles. The van der Waals surface area contributed by atoms with Gasteiger partial charge < -0.3 is 11.1 Å². The van der Waals surface area contributed by atoms with Crippen molar-refractivity contribution >= 4 is 40.0 Å². The number of nitrogens with zero attached hydrogens (tertiary/aromatic N) is 4. The summed E-state index contributed by atoms with van der Waals surface area (Å²) in [6.45, 7) is 4.10. The van der Waals surface area contributed by atoms with E-state index in [-0.39, 0.29) is 17.5 Å². The molecule has 0 fully saturated rings. The van der Waals surface area contributed by atoms with Crippen LogP contribution in [0.15, 0.2) is 59.5 Å². The van der Waals surface area contributed by atoms with Gasteiger partial charge in [-0.25, -0.2) is 4.98 Å². The molecule has 32 heavy (non-hydrogen) atoms. The van der Waals surface area contributed by atoms with Crippen LogP contribution in [0.4, 0.5) is 11.6 Å². The van der Waals surface area contributed by atoms with Gasteiger partial charge in [0, 0.05) is 28.5 Å². The number of nitrogen functional groups attached to an aromatic ring is 1. The largest absolute Gasteiger partial charge is 0.384 e. The van der Waals surface area contributed by atoms with E-state index in [0.717, 1.165) is 16.6 Å². The topological polar surface area (TPSA) is 90.2 Å². The highest BCUT2D eigenvalue weighted by molar-refractivity contribution is 6.45. The van der Waals surface area contributed by atoms with Gasteiger partial charge in [-0.1, -0.05) is 42.8 Å². The van der Waals surface area contributed by atoms with Crippen LogP contribution in [0, 0.1) is 5.92 Å². The summed E-state index contributed by atoms with van der Waals surface area (Å²) in [5.41, 5.74) is 8.11. The van der Waals surface area contributed by atoms with Crippen LogP contribution in [0.25, 0.3) is 22.4 Å². The molecule has 0 radical (unpaired) electrons. The first kappa shape index (κ1) is 20.3. The van der Waals surface area contributed by atoms with Crippen LogP contribution in [-0.4, -0.2) is 19.2 Å². The Hall–Kier alpha value is -3.58. The maximum atomic E-state index is 13.7. The molecule has 0 aliphatic heterocycles. The second-order valence-corrected chi connectivity index (χ2v) is 8.62. The van der Waals surface area contributed by atoms with Gasteiger partial charge in [0.2, 0.25) is 0 Å². The van der Waals surface area contributed by atoms with Crippen molar-refractivity contribution in [2.75, 3.05) is 11.1 Å². The van der Waals surface area contributed by atoms with Crippen molar-refractivity contribution < 1.29 is 0 Å². The zero-order chi connectivity index (χ0) is 22.4. The third-order valence-electron chi connectivity index (χ3n) is 5.71. The van der Waals surface area contributed by atoms with Crippen LogP contribution < -0.4 is 27.0 Å². The number of hydrogen-bond acceptors (Lipinski definition) is 5. The molecule has 0 spiro atoms. The Balaban J connectivity index is 1.73. The van der Waals surface area contributed by atoms with E-state index in [4.69, 9.17) is 17.3 Å². The number of halogens is 1. The summed E-state index contributed by atoms with van der Waals surface area (Å²) in [6, 6.07) is 14.9. The monoisotopic (exact) mass is 446 g/mol. The summed E-state index contributed by atoms with van der Waals surface area (Å²) >= 11 is 6.57. The van der Waals surface area contributed by atoms with Crippen molar-refractivity contribution in [1.82, 2.24) is 19.2 Å². The average Bonchev–Trinajstić information content (AvgIpc) is 3.22. The number of nitrogens with one attached hydrogen (secondary N) is 1. The Kier molecular flexibility index (Phi) is 4.98. The van der Waals surface area contributed by atoms with Crippen LogP contribution in [-0.2, 0) is 0 Å². The molecule has 3 aromatic heterocycles. The molecule has 7 nitrogen and oxygen atoms in total. The normalized spacial score (nSPS) is 16.5. The van der Waals surface area contributed by atoms with Gasteiger partial charge in [0.1, 0.15) is 11.6 Å². The van der Waals surface area contributed by atoms with Gasteiger partial charge in [0.25, 0.3) is 5.56 Å². The molecule has 162 valence electrons. The van der Waals surface area contributed by atoms with E-state index in [9.17, 15) is 4.79 Å². The van der Waals surface area contributed by atoms with Crippen LogP contribution in [0.5, 0.6) is 0 Å². The molecule has 0 amide bonds. The van der Waals surface area contributed by atoms with E-state index < -0.39 is 0 Å². The number of pyridine rings is 1. The SMILES string of the molecule is CC1C=c2cc([C@H](C)Nc3cc(N)nc4ccnn34)n(-c3ccccc3)c(=O)c2=C(Cl)C1. The average molecular weight is 447 g/mol. The number of para-hydroxylation sites is 1. The molecular weight excluding hydrogens is 424 g/mol. The number of benzene rings is 1. The minimum Gasteiger partial charge on any atom is -0.384 e. The summed E-state index contributed by atoms with van der Waals surface area (Å²) in [4.78, 5) is 18.0. The van der Waals surface area contributed by atoms with Crippen LogP contribution in [0.1, 0.15) is 32.0 Å². The third-order valence-corrected chi connectivity index (χ3v) is 6.05. The molecule has 3 heterocycles. The first-order valence-electron chi connectivity index (χ1n) is 10.5. The number of aromatic nitrogens is 4. The molecule has 8 heteroatoms. The van der Waals surface area contributed by atoms with Crippen molar-refractivity contribution in [2.24, 2.45) is 5.92 Å². The summed E-state index contributed by atoms with van der Waals surface area (Å²) in [5.74, 6) is 1.35. The molecule has 0 bridgehead atoms. The highest BCUT2D eigenvalue weighted by Gasteiger charge is 2.20. The molecule has 4 aromatic rings. The molecule has 2 atom stereocenters. The maximum Gasteiger partial charge on any atom is 0.264 e. The van der Waals surface area contributed by atoms with Gasteiger partial charge in [-0.2, -0.15) is 9.61 Å². The maximum absolute atomic E-state index is 13.7. The minimum atomic E-state index is -0.244. The lowest BCUT2D eigenvalue weighted by Gasteiger charge is -2.23. The van der Waals surface area contributed by atoms with Gasteiger partial charge in [-0.15, -0.1) is 0 Å². The summed E-state index contributed by atoms with van der Waals surface area (Å²) in [5, 5.41) is 9.85. The molecule has 5 rings (SSSR count). The number of anilines is 2. The molecule has 3 N–H and O–H groups in total. The van der Waals surface area contributed by atoms with Gasteiger partial charge in [-0.3, -0.25) is 9.36 Å². The van der Waals surface area contributed by atoms with Gasteiger partial charge in [0.15, 0.2) is 5.65 Å². The Bertz CT molecular complexity index is 1510. The van der Waals surface area contributed by atoms with Crippen molar-refractivity contribution in [2.45, 2.75) is 26.3 Å². The lowest BCUT2D eigenvalue weighted by atomic mass is 9.98. The first-order chi connectivity index (χ1) is 15.4. The van der Waals surface area contributed by atoms with Crippen molar-refractivity contribution in [1.29, 1.82) is 0 Å². The molecule has 1 aromatic carbocycles. The third kappa shape index (κ3) is 3.44. The molecular formula is C24H23ClN6O. The summed E-state index contributed by atoms with van der Waals surface area (Å²) in [7, 11) is 0. The Labute approximate surface area is 189 Å². The summed E-state index contributed by atoms with van der Waals surface area (Å²) in [6.07, 6.45) is 4.45. The molecule has 1 unspecified atom stereocenters. The number of rotatable bonds is 4. The number of hydrogen-bond donors (Lipinski definition) is 2. The zero-order valence-electron chi connectivity index (χ0n) is 17.8. The molecule has 1 aliphatic rings. The highest BCUT2D eigenvalue weighted by Crippen LogP contribution is 2.23. The van der Waals surface area contributed by atoms with Gasteiger partial charge in [0.05, 0.1) is 17.5 Å². The predicted octanol–water partition coefficient (Wildman–Crippen LogP) is 2.80. The van der Waals surface area contributed by atoms with E-state index in [1.807, 2.05) is 43.3 Å². The highest BCUT2D eigenvalue weighted by atomic mass is 35.5. The second kappa shape index (κ2) is 7.84.